The molecule has 2 aromatic rings. The lowest BCUT2D eigenvalue weighted by Crippen LogP contribution is -2.51. The van der Waals surface area contributed by atoms with Gasteiger partial charge in [0.05, 0.1) is 17.5 Å². The number of anilines is 1. The van der Waals surface area contributed by atoms with Crippen molar-refractivity contribution in [3.8, 4) is 0 Å². The third-order valence-electron chi connectivity index (χ3n) is 6.69. The highest BCUT2D eigenvalue weighted by Crippen LogP contribution is 2.27. The molecule has 1 aliphatic rings. The number of hydrazine groups is 1. The molecule has 38 heavy (non-hydrogen) atoms. The third-order valence-corrected chi connectivity index (χ3v) is 6.69. The lowest BCUT2D eigenvalue weighted by Gasteiger charge is -2.30. The van der Waals surface area contributed by atoms with Crippen LogP contribution < -0.4 is 15.9 Å². The summed E-state index contributed by atoms with van der Waals surface area (Å²) in [6.07, 6.45) is 4.65. The Balaban J connectivity index is 1.78. The molecule has 3 rings (SSSR count). The minimum atomic E-state index is -0.660. The van der Waals surface area contributed by atoms with Gasteiger partial charge in [0.2, 0.25) is 17.7 Å². The normalized spacial score (nSPS) is 16.9. The molecule has 1 saturated heterocycles. The molecule has 1 aliphatic heterocycles. The lowest BCUT2D eigenvalue weighted by molar-refractivity contribution is -0.203. The quantitative estimate of drug-likeness (QED) is 0.384. The van der Waals surface area contributed by atoms with Crippen LogP contribution in [0.2, 0.25) is 0 Å². The van der Waals surface area contributed by atoms with Crippen molar-refractivity contribution in [2.75, 3.05) is 11.6 Å². The molecular formula is C30H41N3O5. The predicted molar refractivity (Wildman–Crippen MR) is 146 cm³/mol. The van der Waals surface area contributed by atoms with E-state index in [1.165, 1.54) is 17.5 Å². The standard InChI is InChI=1S/C30H41N3O5/c1-22(2)21-27(29(35)31-33(23(3)34)25-16-8-5-9-17-25)26(18-12-15-24-13-6-4-7-14-24)30(36)32-38-28-19-10-11-20-37-28/h4-9,13-14,16-17,22,26-28H,10-12,15,18-21H2,1-3H3,(H,31,35)(H,32,36)/t26-,27+,28?/m0/s1. The minimum Gasteiger partial charge on any atom is -0.350 e. The van der Waals surface area contributed by atoms with E-state index in [1.54, 1.807) is 24.3 Å². The van der Waals surface area contributed by atoms with Gasteiger partial charge in [-0.1, -0.05) is 62.4 Å². The van der Waals surface area contributed by atoms with Gasteiger partial charge in [0.15, 0.2) is 6.29 Å². The fourth-order valence-electron chi connectivity index (χ4n) is 4.75. The highest BCUT2D eigenvalue weighted by molar-refractivity contribution is 5.96. The van der Waals surface area contributed by atoms with Crippen molar-refractivity contribution in [3.05, 3.63) is 66.2 Å². The van der Waals surface area contributed by atoms with E-state index in [4.69, 9.17) is 9.57 Å². The topological polar surface area (TPSA) is 97.0 Å². The first-order chi connectivity index (χ1) is 18.3. The zero-order valence-corrected chi connectivity index (χ0v) is 22.7. The first-order valence-electron chi connectivity index (χ1n) is 13.6. The number of nitrogens with zero attached hydrogens (tertiary/aromatic N) is 1. The maximum absolute atomic E-state index is 13.7. The molecule has 0 bridgehead atoms. The summed E-state index contributed by atoms with van der Waals surface area (Å²) in [4.78, 5) is 45.2. The second kappa shape index (κ2) is 15.2. The van der Waals surface area contributed by atoms with Crippen LogP contribution in [0.4, 0.5) is 5.69 Å². The van der Waals surface area contributed by atoms with Gasteiger partial charge in [-0.2, -0.15) is 0 Å². The zero-order valence-electron chi connectivity index (χ0n) is 22.7. The number of carbonyl (C=O) groups excluding carboxylic acids is 3. The van der Waals surface area contributed by atoms with Crippen LogP contribution in [0, 0.1) is 17.8 Å². The van der Waals surface area contributed by atoms with Crippen LogP contribution in [0.5, 0.6) is 0 Å². The molecule has 1 heterocycles. The summed E-state index contributed by atoms with van der Waals surface area (Å²) in [6, 6.07) is 19.0. The van der Waals surface area contributed by atoms with Crippen LogP contribution >= 0.6 is 0 Å². The van der Waals surface area contributed by atoms with Crippen molar-refractivity contribution < 1.29 is 24.0 Å². The third kappa shape index (κ3) is 9.26. The number of carbonyl (C=O) groups is 3. The van der Waals surface area contributed by atoms with Gasteiger partial charge in [0, 0.05) is 20.0 Å². The van der Waals surface area contributed by atoms with Gasteiger partial charge >= 0.3 is 0 Å². The number of hydrogen-bond donors (Lipinski definition) is 2. The highest BCUT2D eigenvalue weighted by atomic mass is 16.8. The van der Waals surface area contributed by atoms with Crippen molar-refractivity contribution in [2.45, 2.75) is 72.0 Å². The monoisotopic (exact) mass is 523 g/mol. The average Bonchev–Trinajstić information content (AvgIpc) is 2.93. The number of benzene rings is 2. The summed E-state index contributed by atoms with van der Waals surface area (Å²) < 4.78 is 5.59. The molecule has 2 N–H and O–H groups in total. The zero-order chi connectivity index (χ0) is 27.3. The van der Waals surface area contributed by atoms with E-state index < -0.39 is 18.1 Å². The van der Waals surface area contributed by atoms with E-state index in [1.807, 2.05) is 38.1 Å². The molecule has 2 aromatic carbocycles. The molecule has 0 saturated carbocycles. The van der Waals surface area contributed by atoms with Gasteiger partial charge in [0.25, 0.3) is 0 Å². The lowest BCUT2D eigenvalue weighted by atomic mass is 9.81. The van der Waals surface area contributed by atoms with Crippen molar-refractivity contribution in [2.24, 2.45) is 17.8 Å². The Morgan fingerprint density at radius 1 is 0.974 bits per heavy atom. The number of hydroxylamine groups is 1. The van der Waals surface area contributed by atoms with E-state index in [0.29, 0.717) is 31.6 Å². The highest BCUT2D eigenvalue weighted by Gasteiger charge is 2.36. The fourth-order valence-corrected chi connectivity index (χ4v) is 4.75. The van der Waals surface area contributed by atoms with E-state index in [2.05, 4.69) is 23.0 Å². The van der Waals surface area contributed by atoms with Crippen LogP contribution in [-0.2, 0) is 30.4 Å². The van der Waals surface area contributed by atoms with Gasteiger partial charge < -0.3 is 4.74 Å². The van der Waals surface area contributed by atoms with Gasteiger partial charge in [-0.25, -0.2) is 15.3 Å². The molecule has 8 nitrogen and oxygen atoms in total. The minimum absolute atomic E-state index is 0.153. The number of amides is 3. The Morgan fingerprint density at radius 2 is 1.66 bits per heavy atom. The summed E-state index contributed by atoms with van der Waals surface area (Å²) in [7, 11) is 0. The average molecular weight is 524 g/mol. The number of rotatable bonds is 12. The Morgan fingerprint density at radius 3 is 2.26 bits per heavy atom. The maximum atomic E-state index is 13.7. The summed E-state index contributed by atoms with van der Waals surface area (Å²) in [5.74, 6) is -2.19. The molecular weight excluding hydrogens is 482 g/mol. The van der Waals surface area contributed by atoms with Crippen LogP contribution in [0.25, 0.3) is 0 Å². The smallest absolute Gasteiger partial charge is 0.247 e. The van der Waals surface area contributed by atoms with E-state index in [9.17, 15) is 14.4 Å². The molecule has 0 aliphatic carbocycles. The number of para-hydroxylation sites is 1. The first kappa shape index (κ1) is 29.3. The maximum Gasteiger partial charge on any atom is 0.247 e. The van der Waals surface area contributed by atoms with Crippen LogP contribution in [0.3, 0.4) is 0 Å². The van der Waals surface area contributed by atoms with Crippen LogP contribution in [0.15, 0.2) is 60.7 Å². The van der Waals surface area contributed by atoms with E-state index in [-0.39, 0.29) is 23.6 Å². The van der Waals surface area contributed by atoms with Crippen molar-refractivity contribution in [1.82, 2.24) is 10.9 Å². The molecule has 0 spiro atoms. The number of hydrogen-bond acceptors (Lipinski definition) is 5. The number of nitrogens with one attached hydrogen (secondary N) is 2. The molecule has 3 amide bonds. The summed E-state index contributed by atoms with van der Waals surface area (Å²) in [5, 5.41) is 1.24. The fraction of sp³-hybridized carbons (Fsp3) is 0.500. The van der Waals surface area contributed by atoms with Crippen molar-refractivity contribution >= 4 is 23.4 Å². The van der Waals surface area contributed by atoms with Gasteiger partial charge in [-0.05, 0) is 62.1 Å². The number of aryl methyl sites for hydroxylation is 1. The van der Waals surface area contributed by atoms with E-state index in [0.717, 1.165) is 25.7 Å². The van der Waals surface area contributed by atoms with Gasteiger partial charge in [0.1, 0.15) is 0 Å². The van der Waals surface area contributed by atoms with Crippen LogP contribution in [0.1, 0.15) is 64.9 Å². The molecule has 3 atom stereocenters. The Labute approximate surface area is 226 Å². The second-order valence-corrected chi connectivity index (χ2v) is 10.3. The largest absolute Gasteiger partial charge is 0.350 e. The second-order valence-electron chi connectivity index (χ2n) is 10.3. The first-order valence-corrected chi connectivity index (χ1v) is 13.6. The molecule has 1 fully saturated rings. The molecule has 8 heteroatoms. The summed E-state index contributed by atoms with van der Waals surface area (Å²) in [6.45, 7) is 6.03. The SMILES string of the molecule is CC(=O)N(NC(=O)[C@H](CC(C)C)[C@H](CCCc1ccccc1)C(=O)NOC1CCCCO1)c1ccccc1. The predicted octanol–water partition coefficient (Wildman–Crippen LogP) is 4.95. The van der Waals surface area contributed by atoms with E-state index >= 15 is 0 Å². The Kier molecular flexibility index (Phi) is 11.8. The number of ether oxygens (including phenoxy) is 1. The molecule has 1 unspecified atom stereocenters. The molecule has 0 aromatic heterocycles. The molecule has 0 radical (unpaired) electrons. The van der Waals surface area contributed by atoms with Crippen LogP contribution in [-0.4, -0.2) is 30.6 Å². The Hall–Kier alpha value is -3.23. The van der Waals surface area contributed by atoms with Gasteiger partial charge in [-0.15, -0.1) is 0 Å². The summed E-state index contributed by atoms with van der Waals surface area (Å²) >= 11 is 0. The van der Waals surface area contributed by atoms with Gasteiger partial charge in [-0.3, -0.25) is 19.8 Å². The molecule has 206 valence electrons. The Bertz CT molecular complexity index is 1010. The summed E-state index contributed by atoms with van der Waals surface area (Å²) in [5.41, 5.74) is 7.11. The van der Waals surface area contributed by atoms with Crippen molar-refractivity contribution in [3.63, 3.8) is 0 Å². The van der Waals surface area contributed by atoms with Crippen molar-refractivity contribution in [1.29, 1.82) is 0 Å².